The molecule has 1 saturated carbocycles. The van der Waals surface area contributed by atoms with Gasteiger partial charge in [-0.1, -0.05) is 64.8 Å². The van der Waals surface area contributed by atoms with Gasteiger partial charge in [-0.2, -0.15) is 0 Å². The molecule has 0 aromatic rings. The summed E-state index contributed by atoms with van der Waals surface area (Å²) in [6.07, 6.45) is 13.8. The summed E-state index contributed by atoms with van der Waals surface area (Å²) in [6, 6.07) is 0. The molecule has 0 spiro atoms. The van der Waals surface area contributed by atoms with Crippen LogP contribution in [0, 0.1) is 23.7 Å². The van der Waals surface area contributed by atoms with Gasteiger partial charge >= 0.3 is 0 Å². The van der Waals surface area contributed by atoms with Crippen molar-refractivity contribution in [1.82, 2.24) is 4.90 Å². The van der Waals surface area contributed by atoms with Gasteiger partial charge in [-0.05, 0) is 66.2 Å². The van der Waals surface area contributed by atoms with Crippen LogP contribution in [0.3, 0.4) is 0 Å². The van der Waals surface area contributed by atoms with E-state index in [1.54, 1.807) is 0 Å². The van der Waals surface area contributed by atoms with E-state index in [4.69, 9.17) is 0 Å². The second kappa shape index (κ2) is 7.40. The highest BCUT2D eigenvalue weighted by molar-refractivity contribution is 5.58. The molecule has 2 unspecified atom stereocenters. The zero-order chi connectivity index (χ0) is 18.1. The Morgan fingerprint density at radius 2 is 1.96 bits per heavy atom. The maximum Gasteiger partial charge on any atom is 0.0471 e. The monoisotopic (exact) mass is 337 g/mol. The number of fused-ring (bicyclic) bond motifs is 1. The Morgan fingerprint density at radius 1 is 1.28 bits per heavy atom. The van der Waals surface area contributed by atoms with Crippen LogP contribution in [0.5, 0.6) is 0 Å². The Bertz CT molecular complexity index is 639. The van der Waals surface area contributed by atoms with Gasteiger partial charge in [0.2, 0.25) is 0 Å². The van der Waals surface area contributed by atoms with Crippen LogP contribution in [0.4, 0.5) is 0 Å². The maximum absolute atomic E-state index is 4.51. The molecule has 0 aromatic heterocycles. The highest BCUT2D eigenvalue weighted by atomic mass is 15.1. The van der Waals surface area contributed by atoms with Gasteiger partial charge in [0.1, 0.15) is 0 Å². The van der Waals surface area contributed by atoms with Crippen LogP contribution >= 0.6 is 0 Å². The quantitative estimate of drug-likeness (QED) is 0.556. The number of allylic oxidation sites excluding steroid dienone is 6. The molecule has 1 saturated heterocycles. The second-order valence-corrected chi connectivity index (χ2v) is 8.53. The fraction of sp³-hybridized carbons (Fsp3) is 0.583. The molecule has 2 aliphatic heterocycles. The summed E-state index contributed by atoms with van der Waals surface area (Å²) in [5, 5.41) is 0. The van der Waals surface area contributed by atoms with E-state index in [2.05, 4.69) is 64.1 Å². The molecular formula is C24H35N. The van der Waals surface area contributed by atoms with E-state index < -0.39 is 0 Å². The summed E-state index contributed by atoms with van der Waals surface area (Å²) >= 11 is 0. The lowest BCUT2D eigenvalue weighted by Gasteiger charge is -2.46. The minimum absolute atomic E-state index is 0.557. The molecule has 0 N–H and O–H groups in total. The largest absolute Gasteiger partial charge is 0.347 e. The van der Waals surface area contributed by atoms with Gasteiger partial charge in [0, 0.05) is 18.4 Å². The highest BCUT2D eigenvalue weighted by Crippen LogP contribution is 2.45. The number of hydrogen-bond acceptors (Lipinski definition) is 1. The highest BCUT2D eigenvalue weighted by Gasteiger charge is 2.38. The Hall–Kier alpha value is -1.50. The average molecular weight is 338 g/mol. The average Bonchev–Trinajstić information content (AvgIpc) is 3.08. The molecule has 0 bridgehead atoms. The van der Waals surface area contributed by atoms with Crippen molar-refractivity contribution >= 4 is 0 Å². The molecule has 1 heteroatoms. The van der Waals surface area contributed by atoms with Crippen molar-refractivity contribution in [3.05, 3.63) is 59.5 Å². The molecule has 3 atom stereocenters. The van der Waals surface area contributed by atoms with Crippen LogP contribution < -0.4 is 0 Å². The van der Waals surface area contributed by atoms with Crippen molar-refractivity contribution in [2.24, 2.45) is 23.7 Å². The lowest BCUT2D eigenvalue weighted by atomic mass is 9.71. The molecule has 1 nitrogen and oxygen atoms in total. The van der Waals surface area contributed by atoms with Gasteiger partial charge in [-0.25, -0.2) is 0 Å². The molecule has 25 heavy (non-hydrogen) atoms. The lowest BCUT2D eigenvalue weighted by molar-refractivity contribution is 0.173. The van der Waals surface area contributed by atoms with Crippen LogP contribution in [0.1, 0.15) is 59.8 Å². The summed E-state index contributed by atoms with van der Waals surface area (Å²) in [4.78, 5) is 2.47. The topological polar surface area (TPSA) is 3.24 Å². The van der Waals surface area contributed by atoms with Gasteiger partial charge in [-0.15, -0.1) is 0 Å². The lowest BCUT2D eigenvalue weighted by Crippen LogP contribution is -2.41. The number of nitrogens with zero attached hydrogens (tertiary/aromatic N) is 1. The van der Waals surface area contributed by atoms with Crippen molar-refractivity contribution in [2.45, 2.75) is 59.8 Å². The van der Waals surface area contributed by atoms with E-state index in [1.165, 1.54) is 54.5 Å². The fourth-order valence-electron chi connectivity index (χ4n) is 5.26. The van der Waals surface area contributed by atoms with Gasteiger partial charge in [0.25, 0.3) is 0 Å². The minimum Gasteiger partial charge on any atom is -0.347 e. The third-order valence-electron chi connectivity index (χ3n) is 6.90. The number of hydrogen-bond donors (Lipinski definition) is 0. The Kier molecular flexibility index (Phi) is 5.41. The van der Waals surface area contributed by atoms with Gasteiger partial charge < -0.3 is 4.90 Å². The maximum atomic E-state index is 4.51. The smallest absolute Gasteiger partial charge is 0.0471 e. The Balaban J connectivity index is 1.83. The normalized spacial score (nSPS) is 29.4. The Labute approximate surface area is 154 Å². The van der Waals surface area contributed by atoms with Crippen molar-refractivity contribution in [1.29, 1.82) is 0 Å². The Morgan fingerprint density at radius 3 is 2.60 bits per heavy atom. The third kappa shape index (κ3) is 3.43. The van der Waals surface area contributed by atoms with E-state index >= 15 is 0 Å². The van der Waals surface area contributed by atoms with Crippen molar-refractivity contribution < 1.29 is 0 Å². The number of piperidine rings is 1. The molecule has 1 aliphatic carbocycles. The summed E-state index contributed by atoms with van der Waals surface area (Å²) < 4.78 is 0. The first-order chi connectivity index (χ1) is 11.9. The molecular weight excluding hydrogens is 302 g/mol. The van der Waals surface area contributed by atoms with Crippen molar-refractivity contribution in [3.8, 4) is 0 Å². The molecule has 3 aliphatic rings. The first-order valence-electron chi connectivity index (χ1n) is 10.1. The summed E-state index contributed by atoms with van der Waals surface area (Å²) in [6.45, 7) is 19.1. The first kappa shape index (κ1) is 18.3. The van der Waals surface area contributed by atoms with Crippen LogP contribution in [0.15, 0.2) is 59.5 Å². The predicted molar refractivity (Wildman–Crippen MR) is 109 cm³/mol. The summed E-state index contributed by atoms with van der Waals surface area (Å²) in [7, 11) is 0. The van der Waals surface area contributed by atoms with Crippen LogP contribution in [0.2, 0.25) is 0 Å². The van der Waals surface area contributed by atoms with E-state index in [0.29, 0.717) is 11.8 Å². The molecule has 2 heterocycles. The summed E-state index contributed by atoms with van der Waals surface area (Å²) in [5.41, 5.74) is 6.33. The van der Waals surface area contributed by atoms with Gasteiger partial charge in [0.15, 0.2) is 0 Å². The molecule has 0 radical (unpaired) electrons. The van der Waals surface area contributed by atoms with Crippen LogP contribution in [-0.2, 0) is 0 Å². The second-order valence-electron chi connectivity index (χ2n) is 8.53. The molecule has 2 fully saturated rings. The number of rotatable bonds is 4. The van der Waals surface area contributed by atoms with E-state index in [9.17, 15) is 0 Å². The zero-order valence-corrected chi connectivity index (χ0v) is 16.6. The summed E-state index contributed by atoms with van der Waals surface area (Å²) in [5.74, 6) is 2.98. The van der Waals surface area contributed by atoms with Crippen molar-refractivity contribution in [2.75, 3.05) is 6.54 Å². The fourth-order valence-corrected chi connectivity index (χ4v) is 5.26. The first-order valence-corrected chi connectivity index (χ1v) is 10.1. The molecule has 0 amide bonds. The van der Waals surface area contributed by atoms with Crippen molar-refractivity contribution in [3.63, 3.8) is 0 Å². The van der Waals surface area contributed by atoms with Crippen LogP contribution in [0.25, 0.3) is 0 Å². The minimum atomic E-state index is 0.557. The van der Waals surface area contributed by atoms with E-state index in [1.807, 2.05) is 0 Å². The third-order valence-corrected chi connectivity index (χ3v) is 6.90. The van der Waals surface area contributed by atoms with Crippen LogP contribution in [-0.4, -0.2) is 11.4 Å². The van der Waals surface area contributed by atoms with E-state index in [0.717, 1.165) is 24.0 Å². The standard InChI is InChI=1S/C24H35N/c1-7-10-22-14-25-15-23(16(2)13-21-11-8-9-12-21)18(4)20(6)24(25)19(5)17(22)3/h7,10,14,16,18,21,23H,3,6,8-9,11-13,15H2,1-2,4-5H3/b10-7+/t16?,18-,23?/m1/s1. The predicted octanol–water partition coefficient (Wildman–Crippen LogP) is 6.63. The van der Waals surface area contributed by atoms with E-state index in [-0.39, 0.29) is 0 Å². The molecule has 136 valence electrons. The molecule has 0 aromatic carbocycles. The zero-order valence-electron chi connectivity index (χ0n) is 16.6. The van der Waals surface area contributed by atoms with Gasteiger partial charge in [-0.3, -0.25) is 0 Å². The van der Waals surface area contributed by atoms with Gasteiger partial charge in [0.05, 0.1) is 0 Å². The molecule has 3 rings (SSSR count). The SMILES string of the molecule is C=C1C(/C=C/C)=CN2CC(C(C)CC3CCCC3)[C@H](C)C(=C)C2=C1C.